The molecule has 0 aliphatic rings. The number of amides is 1. The summed E-state index contributed by atoms with van der Waals surface area (Å²) in [7, 11) is 1.36. The normalized spacial score (nSPS) is 9.62. The number of nitrogens with one attached hydrogen (secondary N) is 1. The lowest BCUT2D eigenvalue weighted by Crippen LogP contribution is -2.20. The molecule has 4 nitrogen and oxygen atoms in total. The number of carbonyl (C=O) groups is 1. The monoisotopic (exact) mass is 242 g/mol. The smallest absolute Gasteiger partial charge is 0.231 e. The van der Waals surface area contributed by atoms with E-state index < -0.39 is 5.82 Å². The Bertz CT molecular complexity index is 423. The fourth-order valence-corrected chi connectivity index (χ4v) is 1.24. The second-order valence-corrected chi connectivity index (χ2v) is 3.56. The van der Waals surface area contributed by atoms with E-state index in [9.17, 15) is 9.18 Å². The van der Waals surface area contributed by atoms with E-state index in [2.05, 4.69) is 17.5 Å². The third-order valence-electron chi connectivity index (χ3n) is 1.77. The Morgan fingerprint density at radius 3 is 2.81 bits per heavy atom. The van der Waals surface area contributed by atoms with Gasteiger partial charge in [-0.3, -0.25) is 4.79 Å². The number of nitrogens with two attached hydrogens (primary N) is 1. The molecule has 86 valence electrons. The van der Waals surface area contributed by atoms with Crippen LogP contribution in [0.15, 0.2) is 18.2 Å². The standard InChI is InChI=1S/C10H11FN2O2S/c1-15-8-3-2-6(4-7(8)11)13-10(14)5-9(12)16/h2-4H,5H2,1H3,(H2,12,16)(H,13,14). The predicted molar refractivity (Wildman–Crippen MR) is 63.0 cm³/mol. The van der Waals surface area contributed by atoms with E-state index >= 15 is 0 Å². The molecule has 1 rings (SSSR count). The van der Waals surface area contributed by atoms with Crippen molar-refractivity contribution in [2.45, 2.75) is 6.42 Å². The van der Waals surface area contributed by atoms with E-state index in [1.807, 2.05) is 0 Å². The molecule has 1 aromatic carbocycles. The average Bonchev–Trinajstić information content (AvgIpc) is 2.16. The lowest BCUT2D eigenvalue weighted by Gasteiger charge is -2.06. The third-order valence-corrected chi connectivity index (χ3v) is 1.91. The number of halogens is 1. The second kappa shape index (κ2) is 5.41. The zero-order valence-electron chi connectivity index (χ0n) is 8.62. The van der Waals surface area contributed by atoms with Crippen LogP contribution in [0.3, 0.4) is 0 Å². The van der Waals surface area contributed by atoms with E-state index in [4.69, 9.17) is 10.5 Å². The molecule has 0 aliphatic heterocycles. The van der Waals surface area contributed by atoms with Crippen molar-refractivity contribution in [2.24, 2.45) is 5.73 Å². The zero-order chi connectivity index (χ0) is 12.1. The summed E-state index contributed by atoms with van der Waals surface area (Å²) in [6.45, 7) is 0. The molecule has 3 N–H and O–H groups in total. The Morgan fingerprint density at radius 2 is 2.31 bits per heavy atom. The molecule has 0 radical (unpaired) electrons. The van der Waals surface area contributed by atoms with Crippen molar-refractivity contribution in [1.29, 1.82) is 0 Å². The molecule has 0 heterocycles. The van der Waals surface area contributed by atoms with Crippen LogP contribution in [0, 0.1) is 5.82 Å². The van der Waals surface area contributed by atoms with Crippen LogP contribution in [-0.4, -0.2) is 18.0 Å². The maximum atomic E-state index is 13.2. The number of thiocarbonyl (C=S) groups is 1. The van der Waals surface area contributed by atoms with Gasteiger partial charge < -0.3 is 15.8 Å². The quantitative estimate of drug-likeness (QED) is 0.784. The maximum Gasteiger partial charge on any atom is 0.231 e. The lowest BCUT2D eigenvalue weighted by atomic mass is 10.2. The first-order valence-corrected chi connectivity index (χ1v) is 4.85. The molecule has 0 saturated heterocycles. The average molecular weight is 242 g/mol. The number of hydrogen-bond donors (Lipinski definition) is 2. The summed E-state index contributed by atoms with van der Waals surface area (Å²) in [5, 5.41) is 2.46. The topological polar surface area (TPSA) is 64.3 Å². The number of ether oxygens (including phenoxy) is 1. The van der Waals surface area contributed by atoms with Gasteiger partial charge >= 0.3 is 0 Å². The van der Waals surface area contributed by atoms with Crippen molar-refractivity contribution in [1.82, 2.24) is 0 Å². The van der Waals surface area contributed by atoms with Gasteiger partial charge in [0, 0.05) is 11.8 Å². The van der Waals surface area contributed by atoms with Crippen LogP contribution in [0.25, 0.3) is 0 Å². The Morgan fingerprint density at radius 1 is 1.62 bits per heavy atom. The zero-order valence-corrected chi connectivity index (χ0v) is 9.44. The number of rotatable bonds is 4. The minimum Gasteiger partial charge on any atom is -0.494 e. The van der Waals surface area contributed by atoms with E-state index in [1.165, 1.54) is 19.2 Å². The number of benzene rings is 1. The van der Waals surface area contributed by atoms with Gasteiger partial charge in [-0.05, 0) is 12.1 Å². The van der Waals surface area contributed by atoms with Gasteiger partial charge in [-0.1, -0.05) is 12.2 Å². The Balaban J connectivity index is 2.71. The molecule has 0 saturated carbocycles. The minimum absolute atomic E-state index is 0.0665. The lowest BCUT2D eigenvalue weighted by molar-refractivity contribution is -0.115. The van der Waals surface area contributed by atoms with Gasteiger partial charge in [-0.15, -0.1) is 0 Å². The van der Waals surface area contributed by atoms with Crippen molar-refractivity contribution in [3.05, 3.63) is 24.0 Å². The van der Waals surface area contributed by atoms with Crippen molar-refractivity contribution >= 4 is 28.8 Å². The molecular weight excluding hydrogens is 231 g/mol. The van der Waals surface area contributed by atoms with Gasteiger partial charge in [-0.25, -0.2) is 4.39 Å². The molecular formula is C10H11FN2O2S. The van der Waals surface area contributed by atoms with Crippen LogP contribution < -0.4 is 15.8 Å². The highest BCUT2D eigenvalue weighted by molar-refractivity contribution is 7.80. The first-order chi connectivity index (χ1) is 7.52. The molecule has 0 aliphatic carbocycles. The molecule has 1 aromatic rings. The summed E-state index contributed by atoms with van der Waals surface area (Å²) in [6.07, 6.45) is -0.0665. The van der Waals surface area contributed by atoms with E-state index in [0.717, 1.165) is 6.07 Å². The fourth-order valence-electron chi connectivity index (χ4n) is 1.11. The molecule has 0 aromatic heterocycles. The Kier molecular flexibility index (Phi) is 4.19. The molecule has 0 fully saturated rings. The summed E-state index contributed by atoms with van der Waals surface area (Å²) < 4.78 is 18.0. The van der Waals surface area contributed by atoms with Gasteiger partial charge in [0.25, 0.3) is 0 Å². The van der Waals surface area contributed by atoms with Gasteiger partial charge in [0.15, 0.2) is 11.6 Å². The molecule has 0 unspecified atom stereocenters. The van der Waals surface area contributed by atoms with E-state index in [0.29, 0.717) is 5.69 Å². The number of carbonyl (C=O) groups excluding carboxylic acids is 1. The van der Waals surface area contributed by atoms with Crippen LogP contribution in [0.2, 0.25) is 0 Å². The van der Waals surface area contributed by atoms with Crippen molar-refractivity contribution in [2.75, 3.05) is 12.4 Å². The number of anilines is 1. The maximum absolute atomic E-state index is 13.2. The van der Waals surface area contributed by atoms with Crippen LogP contribution in [0.4, 0.5) is 10.1 Å². The van der Waals surface area contributed by atoms with E-state index in [-0.39, 0.29) is 23.1 Å². The minimum atomic E-state index is -0.546. The van der Waals surface area contributed by atoms with Gasteiger partial charge in [0.05, 0.1) is 18.5 Å². The number of methoxy groups -OCH3 is 1. The fraction of sp³-hybridized carbons (Fsp3) is 0.200. The Labute approximate surface area is 97.6 Å². The highest BCUT2D eigenvalue weighted by atomic mass is 32.1. The van der Waals surface area contributed by atoms with Gasteiger partial charge in [0.1, 0.15) is 0 Å². The summed E-state index contributed by atoms with van der Waals surface area (Å²) in [5.74, 6) is -0.806. The predicted octanol–water partition coefficient (Wildman–Crippen LogP) is 1.45. The largest absolute Gasteiger partial charge is 0.494 e. The van der Waals surface area contributed by atoms with Gasteiger partial charge in [0.2, 0.25) is 5.91 Å². The van der Waals surface area contributed by atoms with E-state index in [1.54, 1.807) is 0 Å². The third kappa shape index (κ3) is 3.47. The van der Waals surface area contributed by atoms with Gasteiger partial charge in [-0.2, -0.15) is 0 Å². The van der Waals surface area contributed by atoms with Crippen molar-refractivity contribution in [3.8, 4) is 5.75 Å². The summed E-state index contributed by atoms with van der Waals surface area (Å²) >= 11 is 4.58. The molecule has 6 heteroatoms. The highest BCUT2D eigenvalue weighted by Gasteiger charge is 2.07. The van der Waals surface area contributed by atoms with Crippen molar-refractivity contribution < 1.29 is 13.9 Å². The van der Waals surface area contributed by atoms with Crippen LogP contribution >= 0.6 is 12.2 Å². The first-order valence-electron chi connectivity index (χ1n) is 4.44. The Hall–Kier alpha value is -1.69. The molecule has 16 heavy (non-hydrogen) atoms. The van der Waals surface area contributed by atoms with Crippen molar-refractivity contribution in [3.63, 3.8) is 0 Å². The molecule has 0 atom stereocenters. The highest BCUT2D eigenvalue weighted by Crippen LogP contribution is 2.20. The van der Waals surface area contributed by atoms with Crippen LogP contribution in [0.1, 0.15) is 6.42 Å². The molecule has 0 bridgehead atoms. The number of hydrogen-bond acceptors (Lipinski definition) is 3. The molecule has 1 amide bonds. The van der Waals surface area contributed by atoms with Crippen LogP contribution in [0.5, 0.6) is 5.75 Å². The first kappa shape index (κ1) is 12.4. The van der Waals surface area contributed by atoms with Crippen LogP contribution in [-0.2, 0) is 4.79 Å². The summed E-state index contributed by atoms with van der Waals surface area (Å²) in [4.78, 5) is 11.3. The molecule has 0 spiro atoms. The summed E-state index contributed by atoms with van der Waals surface area (Å²) in [5.41, 5.74) is 5.53. The SMILES string of the molecule is COc1ccc(NC(=O)CC(N)=S)cc1F. The second-order valence-electron chi connectivity index (χ2n) is 3.04. The summed E-state index contributed by atoms with van der Waals surface area (Å²) in [6, 6.07) is 4.11.